The third-order valence-electron chi connectivity index (χ3n) is 6.20. The van der Waals surface area contributed by atoms with Crippen molar-refractivity contribution in [3.05, 3.63) is 47.8 Å². The summed E-state index contributed by atoms with van der Waals surface area (Å²) in [6.45, 7) is 1.22. The Morgan fingerprint density at radius 1 is 1.26 bits per heavy atom. The molecule has 0 saturated carbocycles. The number of amides is 1. The first-order valence-corrected chi connectivity index (χ1v) is 12.4. The first-order valence-electron chi connectivity index (χ1n) is 11.4. The lowest BCUT2D eigenvalue weighted by Gasteiger charge is -2.33. The minimum atomic E-state index is -0.136. The number of thioether (sulfide) groups is 1. The van der Waals surface area contributed by atoms with Gasteiger partial charge in [0, 0.05) is 30.9 Å². The standard InChI is InChI=1S/C24H28N6O3S/c1-32-22-7-4-18-23(30-22)14(8-9-26-18)10-17(25)19-5-2-16(12-33-19)27-11-15-3-6-20-24(28-15)29-21(31)13-34-20/h3-4,6-9,16-17,19,27H,2,5,10-13,25H2,1H3,(H,28,29,31)/t16-,17+,19+/m0/s1. The van der Waals surface area contributed by atoms with Crippen molar-refractivity contribution in [2.24, 2.45) is 5.73 Å². The molecule has 3 aromatic heterocycles. The topological polar surface area (TPSA) is 124 Å². The van der Waals surface area contributed by atoms with E-state index < -0.39 is 0 Å². The molecule has 34 heavy (non-hydrogen) atoms. The highest BCUT2D eigenvalue weighted by Gasteiger charge is 2.27. The molecule has 1 saturated heterocycles. The lowest BCUT2D eigenvalue weighted by molar-refractivity contribution is -0.113. The van der Waals surface area contributed by atoms with Crippen molar-refractivity contribution in [3.63, 3.8) is 0 Å². The molecule has 5 heterocycles. The van der Waals surface area contributed by atoms with Crippen LogP contribution in [-0.2, 0) is 22.5 Å². The van der Waals surface area contributed by atoms with Gasteiger partial charge in [0.1, 0.15) is 5.82 Å². The van der Waals surface area contributed by atoms with Crippen molar-refractivity contribution in [1.29, 1.82) is 0 Å². The van der Waals surface area contributed by atoms with E-state index in [4.69, 9.17) is 15.2 Å². The fraction of sp³-hybridized carbons (Fsp3) is 0.417. The Labute approximate surface area is 202 Å². The maximum absolute atomic E-state index is 11.6. The maximum Gasteiger partial charge on any atom is 0.235 e. The highest BCUT2D eigenvalue weighted by atomic mass is 32.2. The Balaban J connectivity index is 1.14. The average molecular weight is 481 g/mol. The largest absolute Gasteiger partial charge is 0.481 e. The molecule has 2 aliphatic heterocycles. The van der Waals surface area contributed by atoms with Gasteiger partial charge in [-0.2, -0.15) is 0 Å². The zero-order valence-corrected chi connectivity index (χ0v) is 19.8. The van der Waals surface area contributed by atoms with Gasteiger partial charge in [-0.1, -0.05) is 0 Å². The number of nitrogens with zero attached hydrogens (tertiary/aromatic N) is 3. The smallest absolute Gasteiger partial charge is 0.235 e. The van der Waals surface area contributed by atoms with Crippen LogP contribution < -0.4 is 21.1 Å². The van der Waals surface area contributed by atoms with E-state index in [9.17, 15) is 4.79 Å². The van der Waals surface area contributed by atoms with Gasteiger partial charge in [0.2, 0.25) is 11.8 Å². The normalized spacial score (nSPS) is 21.1. The van der Waals surface area contributed by atoms with Gasteiger partial charge < -0.3 is 25.8 Å². The van der Waals surface area contributed by atoms with Gasteiger partial charge in [-0.3, -0.25) is 9.78 Å². The molecule has 4 N–H and O–H groups in total. The van der Waals surface area contributed by atoms with Crippen molar-refractivity contribution >= 4 is 34.5 Å². The Morgan fingerprint density at radius 2 is 2.18 bits per heavy atom. The molecule has 0 aromatic carbocycles. The molecule has 3 aromatic rings. The Morgan fingerprint density at radius 3 is 3.00 bits per heavy atom. The van der Waals surface area contributed by atoms with Gasteiger partial charge in [-0.05, 0) is 49.1 Å². The summed E-state index contributed by atoms with van der Waals surface area (Å²) in [7, 11) is 1.61. The number of hydrogen-bond acceptors (Lipinski definition) is 9. The third kappa shape index (κ3) is 5.15. The minimum Gasteiger partial charge on any atom is -0.481 e. The molecule has 5 rings (SSSR count). The van der Waals surface area contributed by atoms with Crippen LogP contribution in [0.3, 0.4) is 0 Å². The van der Waals surface area contributed by atoms with E-state index in [2.05, 4.69) is 25.6 Å². The number of fused-ring (bicyclic) bond motifs is 2. The first kappa shape index (κ1) is 23.0. The number of nitrogens with one attached hydrogen (secondary N) is 2. The molecule has 2 aliphatic rings. The van der Waals surface area contributed by atoms with Gasteiger partial charge in [-0.15, -0.1) is 11.8 Å². The SMILES string of the molecule is COc1ccc2nccc(C[C@@H](N)[C@H]3CC[C@H](NCc4ccc5c(n4)NC(=O)CS5)CO3)c2n1. The van der Waals surface area contributed by atoms with Crippen molar-refractivity contribution in [1.82, 2.24) is 20.3 Å². The second-order valence-corrected chi connectivity index (χ2v) is 9.59. The monoisotopic (exact) mass is 480 g/mol. The van der Waals surface area contributed by atoms with Crippen molar-refractivity contribution < 1.29 is 14.3 Å². The lowest BCUT2D eigenvalue weighted by Crippen LogP contribution is -2.47. The Bertz CT molecular complexity index is 1180. The molecular weight excluding hydrogens is 452 g/mol. The molecule has 3 atom stereocenters. The molecule has 0 bridgehead atoms. The molecule has 0 aliphatic carbocycles. The van der Waals surface area contributed by atoms with Crippen LogP contribution in [-0.4, -0.2) is 58.5 Å². The molecule has 0 radical (unpaired) electrons. The fourth-order valence-corrected chi connectivity index (χ4v) is 5.10. The summed E-state index contributed by atoms with van der Waals surface area (Å²) in [4.78, 5) is 26.2. The number of rotatable bonds is 7. The number of hydrogen-bond donors (Lipinski definition) is 3. The number of methoxy groups -OCH3 is 1. The average Bonchev–Trinajstić information content (AvgIpc) is 2.87. The summed E-state index contributed by atoms with van der Waals surface area (Å²) < 4.78 is 11.4. The maximum atomic E-state index is 11.6. The van der Waals surface area contributed by atoms with Crippen LogP contribution in [0, 0.1) is 0 Å². The lowest BCUT2D eigenvalue weighted by atomic mass is 9.95. The predicted octanol–water partition coefficient (Wildman–Crippen LogP) is 2.28. The Hall–Kier alpha value is -2.79. The van der Waals surface area contributed by atoms with Crippen molar-refractivity contribution in [3.8, 4) is 5.88 Å². The number of carbonyl (C=O) groups excluding carboxylic acids is 1. The van der Waals surface area contributed by atoms with Crippen LogP contribution in [0.2, 0.25) is 0 Å². The molecular formula is C24H28N6O3S. The van der Waals surface area contributed by atoms with Crippen LogP contribution >= 0.6 is 11.8 Å². The number of aromatic nitrogens is 3. The molecule has 0 unspecified atom stereocenters. The summed E-state index contributed by atoms with van der Waals surface area (Å²) in [6, 6.07) is 9.80. The van der Waals surface area contributed by atoms with Crippen LogP contribution in [0.15, 0.2) is 41.4 Å². The van der Waals surface area contributed by atoms with E-state index in [1.54, 1.807) is 13.3 Å². The van der Waals surface area contributed by atoms with Crippen LogP contribution in [0.4, 0.5) is 5.82 Å². The van der Waals surface area contributed by atoms with Gasteiger partial charge in [-0.25, -0.2) is 9.97 Å². The fourth-order valence-electron chi connectivity index (χ4n) is 4.35. The molecule has 1 fully saturated rings. The summed E-state index contributed by atoms with van der Waals surface area (Å²) in [5, 5.41) is 6.36. The van der Waals surface area contributed by atoms with Crippen LogP contribution in [0.1, 0.15) is 24.1 Å². The highest BCUT2D eigenvalue weighted by Crippen LogP contribution is 2.29. The number of anilines is 1. The van der Waals surface area contributed by atoms with Crippen molar-refractivity contribution in [2.75, 3.05) is 24.8 Å². The molecule has 0 spiro atoms. The number of carbonyl (C=O) groups is 1. The van der Waals surface area contributed by atoms with Gasteiger partial charge >= 0.3 is 0 Å². The molecule has 9 nitrogen and oxygen atoms in total. The van der Waals surface area contributed by atoms with Crippen LogP contribution in [0.5, 0.6) is 5.88 Å². The zero-order valence-electron chi connectivity index (χ0n) is 19.0. The van der Waals surface area contributed by atoms with E-state index in [1.165, 1.54) is 11.8 Å². The van der Waals surface area contributed by atoms with Gasteiger partial charge in [0.15, 0.2) is 0 Å². The molecule has 178 valence electrons. The van der Waals surface area contributed by atoms with Crippen molar-refractivity contribution in [2.45, 2.75) is 48.9 Å². The zero-order chi connectivity index (χ0) is 23.5. The van der Waals surface area contributed by atoms with Gasteiger partial charge in [0.05, 0.1) is 47.2 Å². The summed E-state index contributed by atoms with van der Waals surface area (Å²) in [6.07, 6.45) is 4.28. The van der Waals surface area contributed by atoms with E-state index in [-0.39, 0.29) is 24.1 Å². The first-order chi connectivity index (χ1) is 16.6. The van der Waals surface area contributed by atoms with E-state index in [0.29, 0.717) is 37.0 Å². The van der Waals surface area contributed by atoms with Gasteiger partial charge in [0.25, 0.3) is 0 Å². The Kier molecular flexibility index (Phi) is 6.91. The van der Waals surface area contributed by atoms with Crippen LogP contribution in [0.25, 0.3) is 11.0 Å². The summed E-state index contributed by atoms with van der Waals surface area (Å²) in [5.74, 6) is 1.65. The molecule has 10 heteroatoms. The number of nitrogens with two attached hydrogens (primary N) is 1. The molecule has 1 amide bonds. The minimum absolute atomic E-state index is 0.00662. The highest BCUT2D eigenvalue weighted by molar-refractivity contribution is 8.00. The number of ether oxygens (including phenoxy) is 2. The second-order valence-electron chi connectivity index (χ2n) is 8.57. The third-order valence-corrected chi connectivity index (χ3v) is 7.25. The summed E-state index contributed by atoms with van der Waals surface area (Å²) in [5.41, 5.74) is 10.1. The predicted molar refractivity (Wildman–Crippen MR) is 131 cm³/mol. The van der Waals surface area contributed by atoms with E-state index in [1.807, 2.05) is 30.3 Å². The quantitative estimate of drug-likeness (QED) is 0.467. The summed E-state index contributed by atoms with van der Waals surface area (Å²) >= 11 is 1.52. The second kappa shape index (κ2) is 10.2. The number of pyridine rings is 3. The van der Waals surface area contributed by atoms with E-state index >= 15 is 0 Å². The van der Waals surface area contributed by atoms with E-state index in [0.717, 1.165) is 40.0 Å².